The molecule has 1 aliphatic rings. The third-order valence-electron chi connectivity index (χ3n) is 6.32. The van der Waals surface area contributed by atoms with Gasteiger partial charge in [0, 0.05) is 6.07 Å². The van der Waals surface area contributed by atoms with Crippen molar-refractivity contribution in [3.8, 4) is 17.2 Å². The molecule has 1 N–H and O–H groups in total. The summed E-state index contributed by atoms with van der Waals surface area (Å²) in [6.07, 6.45) is -3.61. The van der Waals surface area contributed by atoms with E-state index in [1.165, 1.54) is 42.5 Å². The number of benzene rings is 4. The van der Waals surface area contributed by atoms with Gasteiger partial charge in [0.1, 0.15) is 23.7 Å². The molecule has 10 nitrogen and oxygen atoms in total. The van der Waals surface area contributed by atoms with Gasteiger partial charge in [-0.3, -0.25) is 25.0 Å². The minimum absolute atomic E-state index is 0.0232. The molecule has 44 heavy (non-hydrogen) atoms. The largest absolute Gasteiger partial charge is 0.489 e. The van der Waals surface area contributed by atoms with Crippen LogP contribution < -0.4 is 19.7 Å². The van der Waals surface area contributed by atoms with Crippen molar-refractivity contribution in [3.63, 3.8) is 0 Å². The molecule has 5 rings (SSSR count). The SMILES string of the molecule is O=C1NC(=O)N(c2ccc(OCc3ccccc3)cc2)C(=O)/C1=C\c1cccc(Oc2ccc(C(F)(F)F)cc2[N+](=O)[O-])c1. The van der Waals surface area contributed by atoms with Crippen LogP contribution in [0.1, 0.15) is 16.7 Å². The van der Waals surface area contributed by atoms with Gasteiger partial charge >= 0.3 is 17.9 Å². The summed E-state index contributed by atoms with van der Waals surface area (Å²) in [5.41, 5.74) is -1.17. The van der Waals surface area contributed by atoms with E-state index in [1.807, 2.05) is 30.3 Å². The standard InChI is InChI=1S/C31H20F3N3O7/c32-31(33,34)21-9-14-27(26(17-21)37(41)42)44-24-8-4-7-20(15-24)16-25-28(38)35-30(40)36(29(25)39)22-10-12-23(13-11-22)43-18-19-5-2-1-3-6-19/h1-17H,18H2,(H,35,38,40)/b25-16-. The first-order chi connectivity index (χ1) is 21.0. The van der Waals surface area contributed by atoms with Crippen LogP contribution >= 0.6 is 0 Å². The molecule has 4 aromatic carbocycles. The molecule has 0 atom stereocenters. The van der Waals surface area contributed by atoms with Gasteiger partial charge in [-0.1, -0.05) is 42.5 Å². The Morgan fingerprint density at radius 3 is 2.27 bits per heavy atom. The van der Waals surface area contributed by atoms with E-state index in [1.54, 1.807) is 12.1 Å². The molecule has 0 spiro atoms. The van der Waals surface area contributed by atoms with E-state index in [0.29, 0.717) is 24.5 Å². The Bertz CT molecular complexity index is 1790. The lowest BCUT2D eigenvalue weighted by molar-refractivity contribution is -0.385. The molecule has 1 aliphatic heterocycles. The number of anilines is 1. The van der Waals surface area contributed by atoms with Crippen molar-refractivity contribution in [1.82, 2.24) is 5.32 Å². The monoisotopic (exact) mass is 603 g/mol. The van der Waals surface area contributed by atoms with E-state index in [-0.39, 0.29) is 17.0 Å². The number of barbiturate groups is 1. The third-order valence-corrected chi connectivity index (χ3v) is 6.32. The Morgan fingerprint density at radius 2 is 1.59 bits per heavy atom. The lowest BCUT2D eigenvalue weighted by Crippen LogP contribution is -2.54. The highest BCUT2D eigenvalue weighted by atomic mass is 19.4. The number of hydrogen-bond acceptors (Lipinski definition) is 7. The molecule has 4 aromatic rings. The second-order valence-corrected chi connectivity index (χ2v) is 9.34. The predicted molar refractivity (Wildman–Crippen MR) is 151 cm³/mol. The molecule has 0 bridgehead atoms. The molecule has 0 unspecified atom stereocenters. The van der Waals surface area contributed by atoms with Gasteiger partial charge in [0.25, 0.3) is 11.8 Å². The van der Waals surface area contributed by atoms with Crippen molar-refractivity contribution in [2.24, 2.45) is 0 Å². The number of rotatable bonds is 8. The first-order valence-corrected chi connectivity index (χ1v) is 12.8. The van der Waals surface area contributed by atoms with Crippen LogP contribution in [-0.4, -0.2) is 22.8 Å². The molecular weight excluding hydrogens is 583 g/mol. The van der Waals surface area contributed by atoms with Crippen molar-refractivity contribution in [2.75, 3.05) is 4.90 Å². The summed E-state index contributed by atoms with van der Waals surface area (Å²) in [7, 11) is 0. The van der Waals surface area contributed by atoms with Crippen molar-refractivity contribution >= 4 is 35.3 Å². The number of nitrogens with one attached hydrogen (secondary N) is 1. The van der Waals surface area contributed by atoms with Gasteiger partial charge in [0.15, 0.2) is 0 Å². The van der Waals surface area contributed by atoms with Crippen LogP contribution in [0.5, 0.6) is 17.2 Å². The number of imide groups is 2. The fraction of sp³-hybridized carbons (Fsp3) is 0.0645. The molecule has 0 aromatic heterocycles. The van der Waals surface area contributed by atoms with Gasteiger partial charge in [-0.15, -0.1) is 0 Å². The Hall–Kier alpha value is -5.98. The molecule has 1 fully saturated rings. The van der Waals surface area contributed by atoms with Gasteiger partial charge < -0.3 is 9.47 Å². The molecule has 1 heterocycles. The number of halogens is 3. The number of amides is 4. The average Bonchev–Trinajstić information content (AvgIpc) is 2.99. The van der Waals surface area contributed by atoms with E-state index in [9.17, 15) is 37.7 Å². The van der Waals surface area contributed by atoms with Gasteiger partial charge in [0.05, 0.1) is 16.2 Å². The maximum atomic E-state index is 13.3. The number of urea groups is 1. The van der Waals surface area contributed by atoms with Crippen LogP contribution in [0.4, 0.5) is 29.3 Å². The lowest BCUT2D eigenvalue weighted by Gasteiger charge is -2.26. The van der Waals surface area contributed by atoms with Gasteiger partial charge in [-0.25, -0.2) is 9.69 Å². The molecule has 1 saturated heterocycles. The van der Waals surface area contributed by atoms with Gasteiger partial charge in [0.2, 0.25) is 5.75 Å². The van der Waals surface area contributed by atoms with Crippen LogP contribution in [0, 0.1) is 10.1 Å². The smallest absolute Gasteiger partial charge is 0.416 e. The lowest BCUT2D eigenvalue weighted by atomic mass is 10.1. The first kappa shape index (κ1) is 29.5. The Balaban J connectivity index is 1.36. The summed E-state index contributed by atoms with van der Waals surface area (Å²) in [6.45, 7) is 0.305. The number of hydrogen-bond donors (Lipinski definition) is 1. The maximum absolute atomic E-state index is 13.3. The number of nitrogens with zero attached hydrogens (tertiary/aromatic N) is 2. The van der Waals surface area contributed by atoms with Crippen LogP contribution in [0.15, 0.2) is 103 Å². The zero-order valence-electron chi connectivity index (χ0n) is 22.4. The van der Waals surface area contributed by atoms with Crippen LogP contribution in [0.2, 0.25) is 0 Å². The van der Waals surface area contributed by atoms with Gasteiger partial charge in [-0.05, 0) is 65.7 Å². The fourth-order valence-electron chi connectivity index (χ4n) is 4.21. The zero-order chi connectivity index (χ0) is 31.4. The summed E-state index contributed by atoms with van der Waals surface area (Å²) in [6, 6.07) is 22.0. The number of ether oxygens (including phenoxy) is 2. The first-order valence-electron chi connectivity index (χ1n) is 12.8. The Labute approximate surface area is 247 Å². The zero-order valence-corrected chi connectivity index (χ0v) is 22.4. The van der Waals surface area contributed by atoms with Crippen molar-refractivity contribution in [1.29, 1.82) is 0 Å². The summed E-state index contributed by atoms with van der Waals surface area (Å²) in [5.74, 6) is -1.86. The summed E-state index contributed by atoms with van der Waals surface area (Å²) < 4.78 is 50.3. The van der Waals surface area contributed by atoms with Crippen molar-refractivity contribution in [2.45, 2.75) is 12.8 Å². The minimum Gasteiger partial charge on any atom is -0.489 e. The highest BCUT2D eigenvalue weighted by molar-refractivity contribution is 6.39. The second kappa shape index (κ2) is 12.1. The highest BCUT2D eigenvalue weighted by Gasteiger charge is 2.37. The number of carbonyl (C=O) groups is 3. The fourth-order valence-corrected chi connectivity index (χ4v) is 4.21. The second-order valence-electron chi connectivity index (χ2n) is 9.34. The summed E-state index contributed by atoms with van der Waals surface area (Å²) in [5, 5.41) is 13.5. The van der Waals surface area contributed by atoms with Crippen LogP contribution in [0.25, 0.3) is 6.08 Å². The Kier molecular flexibility index (Phi) is 8.11. The van der Waals surface area contributed by atoms with E-state index in [2.05, 4.69) is 5.32 Å². The molecule has 4 amide bonds. The topological polar surface area (TPSA) is 128 Å². The van der Waals surface area contributed by atoms with Crippen LogP contribution in [0.3, 0.4) is 0 Å². The quantitative estimate of drug-likeness (QED) is 0.103. The van der Waals surface area contributed by atoms with E-state index >= 15 is 0 Å². The normalized spacial score (nSPS) is 14.4. The number of nitro benzene ring substituents is 1. The Morgan fingerprint density at radius 1 is 0.864 bits per heavy atom. The average molecular weight is 604 g/mol. The highest BCUT2D eigenvalue weighted by Crippen LogP contribution is 2.38. The number of alkyl halides is 3. The van der Waals surface area contributed by atoms with E-state index in [0.717, 1.165) is 16.5 Å². The molecular formula is C31H20F3N3O7. The molecule has 0 aliphatic carbocycles. The third kappa shape index (κ3) is 6.57. The van der Waals surface area contributed by atoms with Crippen molar-refractivity contribution < 1.29 is 42.0 Å². The minimum atomic E-state index is -4.80. The van der Waals surface area contributed by atoms with Gasteiger partial charge in [-0.2, -0.15) is 13.2 Å². The summed E-state index contributed by atoms with van der Waals surface area (Å²) in [4.78, 5) is 49.7. The number of nitro groups is 1. The molecule has 13 heteroatoms. The number of carbonyl (C=O) groups excluding carboxylic acids is 3. The predicted octanol–water partition coefficient (Wildman–Crippen LogP) is 6.65. The maximum Gasteiger partial charge on any atom is 0.416 e. The molecule has 0 saturated carbocycles. The van der Waals surface area contributed by atoms with E-state index in [4.69, 9.17) is 9.47 Å². The summed E-state index contributed by atoms with van der Waals surface area (Å²) >= 11 is 0. The van der Waals surface area contributed by atoms with Crippen molar-refractivity contribution in [3.05, 3.63) is 129 Å². The molecule has 0 radical (unpaired) electrons. The van der Waals surface area contributed by atoms with E-state index < -0.39 is 51.5 Å². The van der Waals surface area contributed by atoms with Crippen LogP contribution in [-0.2, 0) is 22.4 Å². The molecule has 222 valence electrons.